The van der Waals surface area contributed by atoms with E-state index in [4.69, 9.17) is 0 Å². The van der Waals surface area contributed by atoms with Crippen molar-refractivity contribution in [3.63, 3.8) is 0 Å². The van der Waals surface area contributed by atoms with Crippen molar-refractivity contribution in [1.29, 1.82) is 0 Å². The van der Waals surface area contributed by atoms with Crippen LogP contribution in [0, 0.1) is 0 Å². The quantitative estimate of drug-likeness (QED) is 0.489. The summed E-state index contributed by atoms with van der Waals surface area (Å²) in [5.74, 6) is 0. The molecule has 10 heavy (non-hydrogen) atoms. The maximum Gasteiger partial charge on any atom is 0.256 e. The monoisotopic (exact) mass is 131 g/mol. The Morgan fingerprint density at radius 3 is 3.00 bits per heavy atom. The molecule has 0 bridgehead atoms. The van der Waals surface area contributed by atoms with Gasteiger partial charge in [0.1, 0.15) is 0 Å². The predicted molar refractivity (Wildman–Crippen MR) is 41.9 cm³/mol. The fraction of sp³-hybridized carbons (Fsp3) is 0.125. The predicted octanol–water partition coefficient (Wildman–Crippen LogP) is 1.67. The Balaban J connectivity index is 2.59. The van der Waals surface area contributed by atoms with E-state index >= 15 is 0 Å². The van der Waals surface area contributed by atoms with Gasteiger partial charge in [0.15, 0.2) is 0 Å². The van der Waals surface area contributed by atoms with Crippen LogP contribution in [-0.2, 0) is 0 Å². The van der Waals surface area contributed by atoms with Crippen LogP contribution in [-0.4, -0.2) is 13.4 Å². The Kier molecular flexibility index (Phi) is 0.965. The van der Waals surface area contributed by atoms with Gasteiger partial charge in [0.25, 0.3) is 6.34 Å². The normalized spacial score (nSPS) is 13.1. The molecule has 0 radical (unpaired) electrons. The summed E-state index contributed by atoms with van der Waals surface area (Å²) in [6.45, 7) is 0. The average molecular weight is 131 g/mol. The highest BCUT2D eigenvalue weighted by Crippen LogP contribution is 2.30. The zero-order valence-corrected chi connectivity index (χ0v) is 5.70. The number of hydrogen-bond donors (Lipinski definition) is 0. The lowest BCUT2D eigenvalue weighted by Crippen LogP contribution is -2.09. The second-order valence-electron chi connectivity index (χ2n) is 2.26. The molecule has 2 heteroatoms. The number of hydrogen-bond acceptors (Lipinski definition) is 2. The molecule has 0 spiro atoms. The zero-order chi connectivity index (χ0) is 6.97. The molecule has 2 rings (SSSR count). The zero-order valence-electron chi connectivity index (χ0n) is 5.70. The number of fused-ring (bicyclic) bond motifs is 1. The van der Waals surface area contributed by atoms with Crippen molar-refractivity contribution in [3.8, 4) is 0 Å². The third-order valence-corrected chi connectivity index (χ3v) is 1.56. The van der Waals surface area contributed by atoms with E-state index < -0.39 is 0 Å². The molecule has 0 fully saturated rings. The van der Waals surface area contributed by atoms with Gasteiger partial charge in [0.05, 0.1) is 7.05 Å². The summed E-state index contributed by atoms with van der Waals surface area (Å²) >= 11 is 0. The highest BCUT2D eigenvalue weighted by molar-refractivity contribution is 5.92. The van der Waals surface area contributed by atoms with Crippen LogP contribution >= 0.6 is 0 Å². The molecule has 0 unspecified atom stereocenters. The van der Waals surface area contributed by atoms with E-state index in [-0.39, 0.29) is 0 Å². The number of para-hydroxylation sites is 2. The van der Waals surface area contributed by atoms with Gasteiger partial charge in [-0.15, -0.1) is 0 Å². The summed E-state index contributed by atoms with van der Waals surface area (Å²) in [6.07, 6.45) is 2.84. The minimum atomic E-state index is 1.00. The molecule has 0 N–H and O–H groups in total. The van der Waals surface area contributed by atoms with Crippen molar-refractivity contribution in [2.24, 2.45) is 4.99 Å². The fourth-order valence-corrected chi connectivity index (χ4v) is 1.03. The van der Waals surface area contributed by atoms with Crippen LogP contribution in [0.4, 0.5) is 11.4 Å². The highest BCUT2D eigenvalue weighted by atomic mass is 15.2. The molecule has 0 atom stereocenters. The van der Waals surface area contributed by atoms with Crippen molar-refractivity contribution >= 4 is 17.7 Å². The molecule has 0 saturated heterocycles. The van der Waals surface area contributed by atoms with E-state index in [9.17, 15) is 0 Å². The summed E-state index contributed by atoms with van der Waals surface area (Å²) in [7, 11) is 1.94. The molecule has 0 amide bonds. The van der Waals surface area contributed by atoms with Crippen molar-refractivity contribution in [3.05, 3.63) is 24.3 Å². The topological polar surface area (TPSA) is 15.6 Å². The summed E-state index contributed by atoms with van der Waals surface area (Å²) in [5, 5.41) is 0. The summed E-state index contributed by atoms with van der Waals surface area (Å²) in [6, 6.07) is 7.98. The van der Waals surface area contributed by atoms with Crippen LogP contribution in [0.1, 0.15) is 0 Å². The standard InChI is InChI=1S/C8H7N2/c1-10-6-9-7-4-2-3-5-8(7)10/h2-5H,1H3/q+1. The number of rotatable bonds is 0. The highest BCUT2D eigenvalue weighted by Gasteiger charge is 2.22. The van der Waals surface area contributed by atoms with Crippen LogP contribution in [0.3, 0.4) is 0 Å². The van der Waals surface area contributed by atoms with Crippen molar-refractivity contribution in [1.82, 2.24) is 0 Å². The maximum atomic E-state index is 4.06. The molecule has 1 heterocycles. The van der Waals surface area contributed by atoms with Crippen LogP contribution in [0.2, 0.25) is 0 Å². The molecule has 0 aromatic heterocycles. The molecule has 1 aromatic carbocycles. The molecule has 1 aliphatic rings. The van der Waals surface area contributed by atoms with E-state index in [0.29, 0.717) is 0 Å². The lowest BCUT2D eigenvalue weighted by Gasteiger charge is -1.93. The van der Waals surface area contributed by atoms with Crippen LogP contribution < -0.4 is 4.90 Å². The second-order valence-corrected chi connectivity index (χ2v) is 2.26. The molecular formula is C8H7N2+. The molecule has 0 aliphatic carbocycles. The fourth-order valence-electron chi connectivity index (χ4n) is 1.03. The second kappa shape index (κ2) is 1.79. The number of aliphatic imine (C=N–C) groups is 1. The van der Waals surface area contributed by atoms with Gasteiger partial charge in [-0.3, -0.25) is 0 Å². The summed E-state index contributed by atoms with van der Waals surface area (Å²) in [5.41, 5.74) is 2.13. The van der Waals surface area contributed by atoms with Crippen molar-refractivity contribution in [2.45, 2.75) is 0 Å². The van der Waals surface area contributed by atoms with Gasteiger partial charge >= 0.3 is 0 Å². The van der Waals surface area contributed by atoms with Gasteiger partial charge in [0, 0.05) is 12.1 Å². The Morgan fingerprint density at radius 1 is 1.40 bits per heavy atom. The van der Waals surface area contributed by atoms with Gasteiger partial charge in [-0.05, 0) is 17.1 Å². The van der Waals surface area contributed by atoms with Crippen LogP contribution in [0.5, 0.6) is 0 Å². The van der Waals surface area contributed by atoms with Crippen molar-refractivity contribution < 1.29 is 0 Å². The Hall–Kier alpha value is -1.40. The van der Waals surface area contributed by atoms with E-state index in [1.165, 1.54) is 0 Å². The first-order chi connectivity index (χ1) is 4.88. The van der Waals surface area contributed by atoms with Gasteiger partial charge in [-0.1, -0.05) is 0 Å². The molecule has 1 aliphatic heterocycles. The molecule has 1 aromatic rings. The maximum absolute atomic E-state index is 4.06. The first kappa shape index (κ1) is 5.39. The van der Waals surface area contributed by atoms with E-state index in [2.05, 4.69) is 11.3 Å². The number of anilines is 1. The molecule has 48 valence electrons. The SMILES string of the molecule is CN1[C+]=Nc2ccccc21. The summed E-state index contributed by atoms with van der Waals surface area (Å²) in [4.78, 5) is 5.94. The van der Waals surface area contributed by atoms with Crippen LogP contribution in [0.15, 0.2) is 29.3 Å². The Labute approximate surface area is 59.8 Å². The van der Waals surface area contributed by atoms with E-state index in [0.717, 1.165) is 11.4 Å². The lowest BCUT2D eigenvalue weighted by atomic mass is 10.3. The first-order valence-corrected chi connectivity index (χ1v) is 3.17. The number of benzene rings is 1. The minimum Gasteiger partial charge on any atom is -0.168 e. The minimum absolute atomic E-state index is 1.00. The Bertz CT molecular complexity index is 278. The first-order valence-electron chi connectivity index (χ1n) is 3.17. The summed E-state index contributed by atoms with van der Waals surface area (Å²) < 4.78 is 0. The lowest BCUT2D eigenvalue weighted by molar-refractivity contribution is 1.34. The third kappa shape index (κ3) is 0.598. The molecule has 0 saturated carbocycles. The smallest absolute Gasteiger partial charge is 0.168 e. The van der Waals surface area contributed by atoms with Crippen LogP contribution in [0.25, 0.3) is 0 Å². The number of nitrogens with zero attached hydrogens (tertiary/aromatic N) is 2. The average Bonchev–Trinajstić information content (AvgIpc) is 2.34. The molecule has 2 nitrogen and oxygen atoms in total. The van der Waals surface area contributed by atoms with E-state index in [1.807, 2.05) is 36.2 Å². The Morgan fingerprint density at radius 2 is 2.20 bits per heavy atom. The molecular weight excluding hydrogens is 124 g/mol. The largest absolute Gasteiger partial charge is 0.256 e. The van der Waals surface area contributed by atoms with Gasteiger partial charge in [-0.25, -0.2) is 0 Å². The van der Waals surface area contributed by atoms with Gasteiger partial charge < -0.3 is 0 Å². The third-order valence-electron chi connectivity index (χ3n) is 1.56. The van der Waals surface area contributed by atoms with Crippen molar-refractivity contribution in [2.75, 3.05) is 11.9 Å². The van der Waals surface area contributed by atoms with E-state index in [1.54, 1.807) is 0 Å². The van der Waals surface area contributed by atoms with Gasteiger partial charge in [0.2, 0.25) is 11.4 Å². The van der Waals surface area contributed by atoms with Gasteiger partial charge in [-0.2, -0.15) is 4.90 Å².